The topological polar surface area (TPSA) is 71.1 Å². The highest BCUT2D eigenvalue weighted by Gasteiger charge is 2.24. The number of unbranched alkanes of at least 4 members (excludes halogenated alkanes) is 5. The fraction of sp³-hybridized carbons (Fsp3) is 0.630. The molecule has 0 aromatic heterocycles. The summed E-state index contributed by atoms with van der Waals surface area (Å²) < 4.78 is 21.7. The molecule has 0 aliphatic carbocycles. The van der Waals surface area contributed by atoms with Crippen molar-refractivity contribution in [2.24, 2.45) is 0 Å². The lowest BCUT2D eigenvalue weighted by molar-refractivity contribution is -0.140. The Morgan fingerprint density at radius 3 is 1.82 bits per heavy atom. The predicted octanol–water partition coefficient (Wildman–Crippen LogP) is 6.42. The third kappa shape index (κ3) is 9.10. The number of methoxy groups -OCH3 is 3. The highest BCUT2D eigenvalue weighted by Crippen LogP contribution is 2.45. The molecule has 1 rings (SSSR count). The molecule has 6 nitrogen and oxygen atoms in total. The summed E-state index contributed by atoms with van der Waals surface area (Å²) in [7, 11) is 4.58. The molecule has 0 spiro atoms. The molecule has 0 atom stereocenters. The van der Waals surface area contributed by atoms with Gasteiger partial charge in [-0.25, -0.2) is 0 Å². The summed E-state index contributed by atoms with van der Waals surface area (Å²) in [6, 6.07) is 0. The molecule has 0 N–H and O–H groups in total. The lowest BCUT2D eigenvalue weighted by atomic mass is 9.96. The maximum atomic E-state index is 12.7. The van der Waals surface area contributed by atoms with E-state index in [1.165, 1.54) is 12.7 Å². The van der Waals surface area contributed by atoms with Crippen molar-refractivity contribution in [3.8, 4) is 17.2 Å². The maximum Gasteiger partial charge on any atom is 0.311 e. The first kappa shape index (κ1) is 28.5. The minimum absolute atomic E-state index is 0.157. The van der Waals surface area contributed by atoms with Crippen LogP contribution in [0.1, 0.15) is 88.3 Å². The van der Waals surface area contributed by atoms with Crippen molar-refractivity contribution >= 4 is 11.9 Å². The third-order valence-electron chi connectivity index (χ3n) is 6.12. The van der Waals surface area contributed by atoms with Crippen LogP contribution in [-0.4, -0.2) is 33.3 Å². The zero-order valence-electron chi connectivity index (χ0n) is 21.6. The van der Waals surface area contributed by atoms with Gasteiger partial charge in [-0.15, -0.1) is 0 Å². The molecule has 1 aromatic carbocycles. The average Bonchev–Trinajstić information content (AvgIpc) is 2.81. The van der Waals surface area contributed by atoms with E-state index in [4.69, 9.17) is 14.2 Å². The van der Waals surface area contributed by atoms with Crippen LogP contribution in [-0.2, 0) is 20.7 Å². The Hall–Kier alpha value is -2.50. The van der Waals surface area contributed by atoms with Gasteiger partial charge in [-0.05, 0) is 57.6 Å². The van der Waals surface area contributed by atoms with Crippen molar-refractivity contribution in [3.05, 3.63) is 28.3 Å². The quantitative estimate of drug-likeness (QED) is 0.130. The fourth-order valence-electron chi connectivity index (χ4n) is 3.70. The van der Waals surface area contributed by atoms with Gasteiger partial charge in [-0.3, -0.25) is 9.59 Å². The van der Waals surface area contributed by atoms with Crippen LogP contribution in [0.25, 0.3) is 0 Å². The molecule has 0 saturated carbocycles. The Kier molecular flexibility index (Phi) is 13.3. The minimum atomic E-state index is -0.262. The Bertz CT molecular complexity index is 810. The Balaban J connectivity index is 2.79. The monoisotopic (exact) mass is 462 g/mol. The first-order chi connectivity index (χ1) is 15.8. The zero-order valence-corrected chi connectivity index (χ0v) is 21.6. The molecule has 0 aliphatic heterocycles. The Morgan fingerprint density at radius 1 is 0.758 bits per heavy atom. The second-order valence-electron chi connectivity index (χ2n) is 8.40. The summed E-state index contributed by atoms with van der Waals surface area (Å²) in [6.45, 7) is 8.25. The highest BCUT2D eigenvalue weighted by atomic mass is 16.6. The van der Waals surface area contributed by atoms with Gasteiger partial charge in [-0.1, -0.05) is 44.3 Å². The first-order valence-corrected chi connectivity index (χ1v) is 12.0. The summed E-state index contributed by atoms with van der Waals surface area (Å²) in [5.74, 6) is 1.12. The molecule has 0 aliphatic rings. The number of hydrogen-bond donors (Lipinski definition) is 0. The van der Waals surface area contributed by atoms with Crippen LogP contribution in [0.15, 0.2) is 11.6 Å². The molecule has 0 bridgehead atoms. The molecular formula is C27H42O6. The van der Waals surface area contributed by atoms with Crippen LogP contribution in [0.5, 0.6) is 17.2 Å². The number of ether oxygens (including phenoxy) is 4. The van der Waals surface area contributed by atoms with E-state index in [0.29, 0.717) is 36.5 Å². The van der Waals surface area contributed by atoms with Gasteiger partial charge in [0.25, 0.3) is 0 Å². The van der Waals surface area contributed by atoms with E-state index >= 15 is 0 Å². The van der Waals surface area contributed by atoms with Gasteiger partial charge in [0, 0.05) is 18.4 Å². The number of allylic oxidation sites excluding steroid dienone is 2. The van der Waals surface area contributed by atoms with E-state index in [1.807, 2.05) is 13.8 Å². The van der Waals surface area contributed by atoms with Crippen LogP contribution in [0.3, 0.4) is 0 Å². The second kappa shape index (κ2) is 15.4. The average molecular weight is 463 g/mol. The molecule has 0 saturated heterocycles. The van der Waals surface area contributed by atoms with Crippen LogP contribution < -0.4 is 14.2 Å². The molecular weight excluding hydrogens is 420 g/mol. The molecule has 1 aromatic rings. The molecule has 33 heavy (non-hydrogen) atoms. The predicted molar refractivity (Wildman–Crippen MR) is 131 cm³/mol. The van der Waals surface area contributed by atoms with E-state index in [0.717, 1.165) is 61.6 Å². The number of benzene rings is 1. The summed E-state index contributed by atoms with van der Waals surface area (Å²) in [4.78, 5) is 23.8. The standard InChI is InChI=1S/C27H42O6/c1-8-19(2)17-18-22-20(3)21(4)25(31-6)27(32-7)26(22)33-24(29)16-14-12-10-9-11-13-15-23(28)30-5/h17H,8-16,18H2,1-7H3/b19-17+. The van der Waals surface area contributed by atoms with E-state index in [1.54, 1.807) is 14.2 Å². The minimum Gasteiger partial charge on any atom is -0.492 e. The van der Waals surface area contributed by atoms with Gasteiger partial charge in [0.1, 0.15) is 0 Å². The summed E-state index contributed by atoms with van der Waals surface area (Å²) in [6.07, 6.45) is 10.3. The largest absolute Gasteiger partial charge is 0.492 e. The van der Waals surface area contributed by atoms with Gasteiger partial charge in [0.05, 0.1) is 21.3 Å². The van der Waals surface area contributed by atoms with Gasteiger partial charge in [0.15, 0.2) is 11.5 Å². The van der Waals surface area contributed by atoms with Gasteiger partial charge < -0.3 is 18.9 Å². The molecule has 0 amide bonds. The Labute approximate surface area is 199 Å². The van der Waals surface area contributed by atoms with Crippen LogP contribution in [0.2, 0.25) is 0 Å². The third-order valence-corrected chi connectivity index (χ3v) is 6.12. The van der Waals surface area contributed by atoms with Gasteiger partial charge in [-0.2, -0.15) is 0 Å². The van der Waals surface area contributed by atoms with E-state index in [-0.39, 0.29) is 11.9 Å². The van der Waals surface area contributed by atoms with Crippen molar-refractivity contribution in [1.29, 1.82) is 0 Å². The van der Waals surface area contributed by atoms with Crippen molar-refractivity contribution in [2.75, 3.05) is 21.3 Å². The molecule has 0 unspecified atom stereocenters. The number of rotatable bonds is 15. The van der Waals surface area contributed by atoms with Crippen LogP contribution in [0.4, 0.5) is 0 Å². The summed E-state index contributed by atoms with van der Waals surface area (Å²) in [5, 5.41) is 0. The highest BCUT2D eigenvalue weighted by molar-refractivity contribution is 5.76. The van der Waals surface area contributed by atoms with Crippen LogP contribution >= 0.6 is 0 Å². The number of carbonyl (C=O) groups excluding carboxylic acids is 2. The first-order valence-electron chi connectivity index (χ1n) is 12.0. The van der Waals surface area contributed by atoms with Crippen molar-refractivity contribution in [3.63, 3.8) is 0 Å². The van der Waals surface area contributed by atoms with Gasteiger partial charge >= 0.3 is 11.9 Å². The molecule has 6 heteroatoms. The maximum absolute atomic E-state index is 12.7. The fourth-order valence-corrected chi connectivity index (χ4v) is 3.70. The van der Waals surface area contributed by atoms with Crippen molar-refractivity contribution < 1.29 is 28.5 Å². The van der Waals surface area contributed by atoms with E-state index in [2.05, 4.69) is 24.7 Å². The van der Waals surface area contributed by atoms with Crippen molar-refractivity contribution in [2.45, 2.75) is 91.9 Å². The van der Waals surface area contributed by atoms with Crippen LogP contribution in [0, 0.1) is 13.8 Å². The molecule has 0 heterocycles. The Morgan fingerprint density at radius 2 is 1.30 bits per heavy atom. The number of esters is 2. The molecule has 186 valence electrons. The smallest absolute Gasteiger partial charge is 0.311 e. The molecule has 0 fully saturated rings. The summed E-state index contributed by atoms with van der Waals surface area (Å²) >= 11 is 0. The van der Waals surface area contributed by atoms with Crippen molar-refractivity contribution in [1.82, 2.24) is 0 Å². The van der Waals surface area contributed by atoms with E-state index < -0.39 is 0 Å². The lowest BCUT2D eigenvalue weighted by Gasteiger charge is -2.21. The van der Waals surface area contributed by atoms with Gasteiger partial charge in [0.2, 0.25) is 5.75 Å². The summed E-state index contributed by atoms with van der Waals surface area (Å²) in [5.41, 5.74) is 4.27. The molecule has 0 radical (unpaired) electrons. The lowest BCUT2D eigenvalue weighted by Crippen LogP contribution is -2.12. The normalized spacial score (nSPS) is 11.3. The van der Waals surface area contributed by atoms with E-state index in [9.17, 15) is 9.59 Å². The second-order valence-corrected chi connectivity index (χ2v) is 8.40. The number of carbonyl (C=O) groups is 2. The number of hydrogen-bond acceptors (Lipinski definition) is 6. The zero-order chi connectivity index (χ0) is 24.8. The SMILES string of the molecule is CC/C(C)=C/Cc1c(C)c(C)c(OC)c(OC)c1OC(=O)CCCCCCCCC(=O)OC.